The fraction of sp³-hybridized carbons (Fsp3) is 0.462. The number of hydrogen-bond acceptors (Lipinski definition) is 4. The summed E-state index contributed by atoms with van der Waals surface area (Å²) in [6, 6.07) is 5.36. The van der Waals surface area contributed by atoms with Crippen molar-refractivity contribution < 1.29 is 15.0 Å². The highest BCUT2D eigenvalue weighted by Crippen LogP contribution is 2.28. The number of benzene rings is 1. The zero-order chi connectivity index (χ0) is 13.8. The Bertz CT molecular complexity index is 432. The van der Waals surface area contributed by atoms with E-state index < -0.39 is 5.97 Å². The fourth-order valence-corrected chi connectivity index (χ4v) is 2.08. The molecule has 0 radical (unpaired) electrons. The molecule has 100 valence electrons. The predicted molar refractivity (Wildman–Crippen MR) is 74.5 cm³/mol. The average Bonchev–Trinajstić information content (AvgIpc) is 2.35. The molecule has 0 aliphatic carbocycles. The van der Waals surface area contributed by atoms with Crippen molar-refractivity contribution in [3.05, 3.63) is 23.8 Å². The van der Waals surface area contributed by atoms with E-state index in [1.165, 1.54) is 11.8 Å². The molecule has 0 aliphatic heterocycles. The number of aliphatic hydroxyl groups excluding tert-OH is 1. The van der Waals surface area contributed by atoms with Crippen LogP contribution in [-0.2, 0) is 0 Å². The number of aromatic carboxylic acids is 1. The summed E-state index contributed by atoms with van der Waals surface area (Å²) in [6.07, 6.45) is 1.85. The van der Waals surface area contributed by atoms with Crippen LogP contribution in [0.2, 0.25) is 0 Å². The molecular weight excluding hydrogens is 250 g/mol. The van der Waals surface area contributed by atoms with Gasteiger partial charge in [-0.1, -0.05) is 19.9 Å². The van der Waals surface area contributed by atoms with Gasteiger partial charge in [-0.05, 0) is 18.4 Å². The highest BCUT2D eigenvalue weighted by Gasteiger charge is 2.19. The Morgan fingerprint density at radius 3 is 2.61 bits per heavy atom. The normalized spacial score (nSPS) is 11.3. The molecule has 0 heterocycles. The molecule has 1 aromatic rings. The van der Waals surface area contributed by atoms with Crippen LogP contribution in [0.4, 0.5) is 5.69 Å². The fourth-order valence-electron chi connectivity index (χ4n) is 1.46. The highest BCUT2D eigenvalue weighted by atomic mass is 32.2. The highest BCUT2D eigenvalue weighted by molar-refractivity contribution is 7.98. The number of thioether (sulfide) groups is 1. The number of rotatable bonds is 6. The van der Waals surface area contributed by atoms with Crippen molar-refractivity contribution in [2.24, 2.45) is 5.41 Å². The number of carboxylic acid groups (broad SMARTS) is 1. The molecule has 5 heteroatoms. The van der Waals surface area contributed by atoms with Crippen LogP contribution in [0.3, 0.4) is 0 Å². The minimum Gasteiger partial charge on any atom is -0.478 e. The molecule has 0 unspecified atom stereocenters. The summed E-state index contributed by atoms with van der Waals surface area (Å²) >= 11 is 1.41. The largest absolute Gasteiger partial charge is 0.478 e. The summed E-state index contributed by atoms with van der Waals surface area (Å²) in [6.45, 7) is 4.39. The first-order valence-corrected chi connectivity index (χ1v) is 6.89. The quantitative estimate of drug-likeness (QED) is 0.692. The minimum atomic E-state index is -0.941. The van der Waals surface area contributed by atoms with Gasteiger partial charge in [0.2, 0.25) is 0 Å². The SMILES string of the molecule is CSc1cccc(NCC(C)(C)CO)c1C(=O)O. The van der Waals surface area contributed by atoms with Gasteiger partial charge < -0.3 is 15.5 Å². The van der Waals surface area contributed by atoms with Crippen molar-refractivity contribution in [2.75, 3.05) is 24.7 Å². The second-order valence-electron chi connectivity index (χ2n) is 4.86. The second kappa shape index (κ2) is 6.11. The summed E-state index contributed by atoms with van der Waals surface area (Å²) in [5.41, 5.74) is 0.597. The molecule has 1 aromatic carbocycles. The van der Waals surface area contributed by atoms with Gasteiger partial charge in [-0.2, -0.15) is 0 Å². The molecule has 0 amide bonds. The zero-order valence-corrected chi connectivity index (χ0v) is 11.7. The van der Waals surface area contributed by atoms with E-state index in [4.69, 9.17) is 0 Å². The summed E-state index contributed by atoms with van der Waals surface area (Å²) < 4.78 is 0. The van der Waals surface area contributed by atoms with Gasteiger partial charge in [-0.15, -0.1) is 11.8 Å². The van der Waals surface area contributed by atoms with Crippen molar-refractivity contribution >= 4 is 23.4 Å². The first-order valence-electron chi connectivity index (χ1n) is 5.66. The van der Waals surface area contributed by atoms with Crippen molar-refractivity contribution in [1.82, 2.24) is 0 Å². The molecule has 0 atom stereocenters. The van der Waals surface area contributed by atoms with Crippen molar-refractivity contribution in [2.45, 2.75) is 18.7 Å². The maximum atomic E-state index is 11.3. The average molecular weight is 269 g/mol. The van der Waals surface area contributed by atoms with Crippen LogP contribution in [-0.4, -0.2) is 35.6 Å². The van der Waals surface area contributed by atoms with Crippen LogP contribution in [0, 0.1) is 5.41 Å². The van der Waals surface area contributed by atoms with Gasteiger partial charge in [0.05, 0.1) is 5.56 Å². The summed E-state index contributed by atoms with van der Waals surface area (Å²) in [4.78, 5) is 12.0. The third kappa shape index (κ3) is 3.65. The molecule has 0 spiro atoms. The van der Waals surface area contributed by atoms with Crippen LogP contribution >= 0.6 is 11.8 Å². The maximum absolute atomic E-state index is 11.3. The van der Waals surface area contributed by atoms with E-state index in [0.29, 0.717) is 17.8 Å². The van der Waals surface area contributed by atoms with Crippen LogP contribution in [0.5, 0.6) is 0 Å². The van der Waals surface area contributed by atoms with Crippen molar-refractivity contribution in [3.8, 4) is 0 Å². The number of anilines is 1. The monoisotopic (exact) mass is 269 g/mol. The van der Waals surface area contributed by atoms with E-state index in [1.807, 2.05) is 26.2 Å². The number of hydrogen-bond donors (Lipinski definition) is 3. The lowest BCUT2D eigenvalue weighted by Gasteiger charge is -2.23. The molecule has 18 heavy (non-hydrogen) atoms. The van der Waals surface area contributed by atoms with Crippen LogP contribution in [0.25, 0.3) is 0 Å². The number of nitrogens with one attached hydrogen (secondary N) is 1. The predicted octanol–water partition coefficient (Wildman–Crippen LogP) is 2.54. The molecular formula is C13H19NO3S. The van der Waals surface area contributed by atoms with E-state index in [1.54, 1.807) is 12.1 Å². The second-order valence-corrected chi connectivity index (χ2v) is 5.71. The maximum Gasteiger partial charge on any atom is 0.338 e. The van der Waals surface area contributed by atoms with Gasteiger partial charge >= 0.3 is 5.97 Å². The molecule has 0 aromatic heterocycles. The van der Waals surface area contributed by atoms with Gasteiger partial charge in [0, 0.05) is 29.1 Å². The molecule has 3 N–H and O–H groups in total. The lowest BCUT2D eigenvalue weighted by atomic mass is 9.95. The Kier molecular flexibility index (Phi) is 5.04. The summed E-state index contributed by atoms with van der Waals surface area (Å²) in [5, 5.41) is 21.6. The lowest BCUT2D eigenvalue weighted by molar-refractivity contribution is 0.0694. The van der Waals surface area contributed by atoms with Crippen LogP contribution < -0.4 is 5.32 Å². The Hall–Kier alpha value is -1.20. The van der Waals surface area contributed by atoms with E-state index in [0.717, 1.165) is 4.90 Å². The molecule has 1 rings (SSSR count). The summed E-state index contributed by atoms with van der Waals surface area (Å²) in [5.74, 6) is -0.941. The van der Waals surface area contributed by atoms with Gasteiger partial charge in [-0.25, -0.2) is 4.79 Å². The van der Waals surface area contributed by atoms with Gasteiger partial charge in [-0.3, -0.25) is 0 Å². The van der Waals surface area contributed by atoms with Crippen LogP contribution in [0.1, 0.15) is 24.2 Å². The van der Waals surface area contributed by atoms with Gasteiger partial charge in [0.1, 0.15) is 0 Å². The van der Waals surface area contributed by atoms with Gasteiger partial charge in [0.25, 0.3) is 0 Å². The van der Waals surface area contributed by atoms with E-state index in [9.17, 15) is 15.0 Å². The standard InChI is InChI=1S/C13H19NO3S/c1-13(2,8-15)7-14-9-5-4-6-10(18-3)11(9)12(16)17/h4-6,14-15H,7-8H2,1-3H3,(H,16,17). The topological polar surface area (TPSA) is 69.6 Å². The Morgan fingerprint density at radius 1 is 1.44 bits per heavy atom. The molecule has 0 saturated carbocycles. The molecule has 4 nitrogen and oxygen atoms in total. The van der Waals surface area contributed by atoms with Crippen LogP contribution in [0.15, 0.2) is 23.1 Å². The Balaban J connectivity index is 2.99. The zero-order valence-electron chi connectivity index (χ0n) is 10.9. The molecule has 0 fully saturated rings. The smallest absolute Gasteiger partial charge is 0.338 e. The van der Waals surface area contributed by atoms with E-state index >= 15 is 0 Å². The van der Waals surface area contributed by atoms with E-state index in [2.05, 4.69) is 5.32 Å². The number of carbonyl (C=O) groups is 1. The number of aliphatic hydroxyl groups is 1. The Labute approximate surface area is 111 Å². The third-order valence-corrected chi connectivity index (χ3v) is 3.43. The lowest BCUT2D eigenvalue weighted by Crippen LogP contribution is -2.27. The third-order valence-electron chi connectivity index (χ3n) is 2.65. The number of carboxylic acids is 1. The van der Waals surface area contributed by atoms with E-state index in [-0.39, 0.29) is 12.0 Å². The first-order chi connectivity index (χ1) is 8.41. The van der Waals surface area contributed by atoms with Crippen molar-refractivity contribution in [3.63, 3.8) is 0 Å². The molecule has 0 aliphatic rings. The Morgan fingerprint density at radius 2 is 2.11 bits per heavy atom. The summed E-state index contributed by atoms with van der Waals surface area (Å²) in [7, 11) is 0. The van der Waals surface area contributed by atoms with Gasteiger partial charge in [0.15, 0.2) is 0 Å². The minimum absolute atomic E-state index is 0.0463. The van der Waals surface area contributed by atoms with Crippen molar-refractivity contribution in [1.29, 1.82) is 0 Å². The molecule has 0 saturated heterocycles. The first kappa shape index (κ1) is 14.9. The molecule has 0 bridgehead atoms.